The first-order chi connectivity index (χ1) is 11.6. The number of pyridine rings is 1. The maximum absolute atomic E-state index is 11.9. The van der Waals surface area contributed by atoms with Gasteiger partial charge in [-0.15, -0.1) is 0 Å². The van der Waals surface area contributed by atoms with Gasteiger partial charge in [0.1, 0.15) is 11.5 Å². The van der Waals surface area contributed by atoms with E-state index in [1.165, 1.54) is 30.9 Å². The van der Waals surface area contributed by atoms with Crippen molar-refractivity contribution in [3.05, 3.63) is 53.7 Å². The van der Waals surface area contributed by atoms with Gasteiger partial charge in [-0.2, -0.15) is 5.10 Å². The van der Waals surface area contributed by atoms with E-state index < -0.39 is 18.5 Å². The average Bonchev–Trinajstić information content (AvgIpc) is 3.25. The topological polar surface area (TPSA) is 110 Å². The van der Waals surface area contributed by atoms with E-state index in [1.54, 1.807) is 12.1 Å². The van der Waals surface area contributed by atoms with Crippen molar-refractivity contribution in [3.8, 4) is 11.3 Å². The van der Waals surface area contributed by atoms with Crippen LogP contribution in [0.25, 0.3) is 11.3 Å². The molecule has 0 aromatic carbocycles. The maximum atomic E-state index is 11.9. The number of hydrogen-bond donors (Lipinski definition) is 2. The third-order valence-corrected chi connectivity index (χ3v) is 3.17. The lowest BCUT2D eigenvalue weighted by atomic mass is 10.2. The standard InChI is InChI=1S/C15H11ClN4O4/c16-10-1-2-13(17-6-10)18-14(21)8-24-15(22)12-5-11(19-20-12)9-3-4-23-7-9/h1-7H,8H2,(H,19,20)(H,17,18,21). The van der Waals surface area contributed by atoms with Crippen molar-refractivity contribution >= 4 is 29.3 Å². The van der Waals surface area contributed by atoms with Gasteiger partial charge in [0, 0.05) is 11.8 Å². The summed E-state index contributed by atoms with van der Waals surface area (Å²) in [7, 11) is 0. The average molecular weight is 347 g/mol. The Morgan fingerprint density at radius 3 is 2.92 bits per heavy atom. The molecule has 1 amide bonds. The fourth-order valence-corrected chi connectivity index (χ4v) is 1.93. The zero-order valence-corrected chi connectivity index (χ0v) is 12.9. The molecule has 0 atom stereocenters. The molecule has 9 heteroatoms. The quantitative estimate of drug-likeness (QED) is 0.687. The van der Waals surface area contributed by atoms with Gasteiger partial charge in [-0.3, -0.25) is 9.89 Å². The minimum absolute atomic E-state index is 0.128. The number of ether oxygens (including phenoxy) is 1. The molecule has 2 N–H and O–H groups in total. The summed E-state index contributed by atoms with van der Waals surface area (Å²) < 4.78 is 9.86. The molecule has 3 heterocycles. The van der Waals surface area contributed by atoms with Gasteiger partial charge in [-0.25, -0.2) is 9.78 Å². The van der Waals surface area contributed by atoms with E-state index in [2.05, 4.69) is 20.5 Å². The van der Waals surface area contributed by atoms with Gasteiger partial charge in [0.15, 0.2) is 6.61 Å². The van der Waals surface area contributed by atoms with Gasteiger partial charge in [-0.1, -0.05) is 11.6 Å². The van der Waals surface area contributed by atoms with Gasteiger partial charge in [-0.05, 0) is 24.3 Å². The van der Waals surface area contributed by atoms with Crippen molar-refractivity contribution < 1.29 is 18.7 Å². The predicted octanol–water partition coefficient (Wildman–Crippen LogP) is 2.51. The van der Waals surface area contributed by atoms with Gasteiger partial charge in [0.05, 0.1) is 23.2 Å². The number of rotatable bonds is 5. The van der Waals surface area contributed by atoms with Crippen LogP contribution in [0.1, 0.15) is 10.5 Å². The third-order valence-electron chi connectivity index (χ3n) is 2.94. The highest BCUT2D eigenvalue weighted by Gasteiger charge is 2.15. The van der Waals surface area contributed by atoms with Gasteiger partial charge >= 0.3 is 5.97 Å². The molecule has 0 radical (unpaired) electrons. The second-order valence-electron chi connectivity index (χ2n) is 4.66. The first-order valence-corrected chi connectivity index (χ1v) is 7.16. The molecule has 0 aliphatic heterocycles. The SMILES string of the molecule is O=C(COC(=O)c1cc(-c2ccoc2)n[nH]1)Nc1ccc(Cl)cn1. The zero-order valence-electron chi connectivity index (χ0n) is 12.2. The Labute approximate surface area is 140 Å². The number of H-pyrrole nitrogens is 1. The molecular weight excluding hydrogens is 336 g/mol. The molecule has 0 aliphatic carbocycles. The van der Waals surface area contributed by atoms with Gasteiger partial charge in [0.2, 0.25) is 0 Å². The number of halogens is 1. The van der Waals surface area contributed by atoms with E-state index in [0.29, 0.717) is 16.5 Å². The minimum atomic E-state index is -0.698. The number of esters is 1. The lowest BCUT2D eigenvalue weighted by Gasteiger charge is -2.05. The van der Waals surface area contributed by atoms with E-state index in [1.807, 2.05) is 0 Å². The molecule has 0 bridgehead atoms. The van der Waals surface area contributed by atoms with Crippen LogP contribution in [0.5, 0.6) is 0 Å². The van der Waals surface area contributed by atoms with Crippen molar-refractivity contribution in [3.63, 3.8) is 0 Å². The molecular formula is C15H11ClN4O4. The number of carbonyl (C=O) groups excluding carboxylic acids is 2. The van der Waals surface area contributed by atoms with Crippen molar-refractivity contribution in [1.29, 1.82) is 0 Å². The number of nitrogens with zero attached hydrogens (tertiary/aromatic N) is 2. The number of hydrogen-bond acceptors (Lipinski definition) is 6. The summed E-state index contributed by atoms with van der Waals surface area (Å²) in [5, 5.41) is 9.45. The fourth-order valence-electron chi connectivity index (χ4n) is 1.82. The smallest absolute Gasteiger partial charge is 0.356 e. The highest BCUT2D eigenvalue weighted by Crippen LogP contribution is 2.18. The van der Waals surface area contributed by atoms with Gasteiger partial charge < -0.3 is 14.5 Å². The second-order valence-corrected chi connectivity index (χ2v) is 5.10. The number of aromatic nitrogens is 3. The largest absolute Gasteiger partial charge is 0.472 e. The van der Waals surface area contributed by atoms with Crippen LogP contribution in [-0.4, -0.2) is 33.7 Å². The summed E-state index contributed by atoms with van der Waals surface area (Å²) >= 11 is 5.70. The van der Waals surface area contributed by atoms with Crippen LogP contribution in [0, 0.1) is 0 Å². The van der Waals surface area contributed by atoms with Crippen LogP contribution in [0.15, 0.2) is 47.4 Å². The first-order valence-electron chi connectivity index (χ1n) is 6.78. The number of amides is 1. The summed E-state index contributed by atoms with van der Waals surface area (Å²) in [6.07, 6.45) is 4.39. The molecule has 122 valence electrons. The van der Waals surface area contributed by atoms with Crippen LogP contribution in [-0.2, 0) is 9.53 Å². The molecule has 3 aromatic rings. The van der Waals surface area contributed by atoms with E-state index in [9.17, 15) is 9.59 Å². The molecule has 3 aromatic heterocycles. The molecule has 0 fully saturated rings. The number of nitrogens with one attached hydrogen (secondary N) is 2. The molecule has 8 nitrogen and oxygen atoms in total. The van der Waals surface area contributed by atoms with E-state index in [4.69, 9.17) is 20.8 Å². The number of aromatic amines is 1. The number of furan rings is 1. The van der Waals surface area contributed by atoms with Gasteiger partial charge in [0.25, 0.3) is 5.91 Å². The number of carbonyl (C=O) groups is 2. The Bertz CT molecular complexity index is 843. The summed E-state index contributed by atoms with van der Waals surface area (Å²) in [6, 6.07) is 6.33. The lowest BCUT2D eigenvalue weighted by molar-refractivity contribution is -0.119. The molecule has 0 unspecified atom stereocenters. The van der Waals surface area contributed by atoms with Crippen LogP contribution in [0.4, 0.5) is 5.82 Å². The van der Waals surface area contributed by atoms with Crippen molar-refractivity contribution in [2.45, 2.75) is 0 Å². The normalized spacial score (nSPS) is 10.4. The fraction of sp³-hybridized carbons (Fsp3) is 0.0667. The first kappa shape index (κ1) is 15.8. The van der Waals surface area contributed by atoms with Crippen molar-refractivity contribution in [2.24, 2.45) is 0 Å². The summed E-state index contributed by atoms with van der Waals surface area (Å²) in [5.41, 5.74) is 1.38. The van der Waals surface area contributed by atoms with E-state index in [0.717, 1.165) is 5.56 Å². The Balaban J connectivity index is 1.53. The van der Waals surface area contributed by atoms with Crippen LogP contribution >= 0.6 is 11.6 Å². The molecule has 0 saturated carbocycles. The van der Waals surface area contributed by atoms with E-state index >= 15 is 0 Å². The Kier molecular flexibility index (Phi) is 4.57. The van der Waals surface area contributed by atoms with Crippen LogP contribution < -0.4 is 5.32 Å². The molecule has 0 spiro atoms. The zero-order chi connectivity index (χ0) is 16.9. The second kappa shape index (κ2) is 6.97. The molecule has 0 saturated heterocycles. The molecule has 0 aliphatic rings. The third kappa shape index (κ3) is 3.79. The Hall–Kier alpha value is -3.13. The highest BCUT2D eigenvalue weighted by atomic mass is 35.5. The van der Waals surface area contributed by atoms with Crippen LogP contribution in [0.2, 0.25) is 5.02 Å². The van der Waals surface area contributed by atoms with Crippen molar-refractivity contribution in [1.82, 2.24) is 15.2 Å². The number of anilines is 1. The highest BCUT2D eigenvalue weighted by molar-refractivity contribution is 6.30. The monoisotopic (exact) mass is 346 g/mol. The summed E-state index contributed by atoms with van der Waals surface area (Å²) in [6.45, 7) is -0.455. The summed E-state index contributed by atoms with van der Waals surface area (Å²) in [5.74, 6) is -0.909. The molecule has 3 rings (SSSR count). The molecule has 24 heavy (non-hydrogen) atoms. The lowest BCUT2D eigenvalue weighted by Crippen LogP contribution is -2.21. The maximum Gasteiger partial charge on any atom is 0.356 e. The van der Waals surface area contributed by atoms with Crippen molar-refractivity contribution in [2.75, 3.05) is 11.9 Å². The Morgan fingerprint density at radius 2 is 2.21 bits per heavy atom. The summed E-state index contributed by atoms with van der Waals surface area (Å²) in [4.78, 5) is 27.5. The minimum Gasteiger partial charge on any atom is -0.472 e. The van der Waals surface area contributed by atoms with Crippen LogP contribution in [0.3, 0.4) is 0 Å². The Morgan fingerprint density at radius 1 is 1.33 bits per heavy atom. The van der Waals surface area contributed by atoms with E-state index in [-0.39, 0.29) is 5.69 Å². The predicted molar refractivity (Wildman–Crippen MR) is 84.4 cm³/mol.